The summed E-state index contributed by atoms with van der Waals surface area (Å²) < 4.78 is 38.2. The van der Waals surface area contributed by atoms with Crippen LogP contribution >= 0.6 is 0 Å². The van der Waals surface area contributed by atoms with Crippen molar-refractivity contribution in [3.05, 3.63) is 52.8 Å². The highest BCUT2D eigenvalue weighted by Gasteiger charge is 2.27. The van der Waals surface area contributed by atoms with E-state index in [0.717, 1.165) is 25.7 Å². The number of nitrogens with one attached hydrogen (secondary N) is 2. The third-order valence-corrected chi connectivity index (χ3v) is 6.64. The number of amides is 2. The molecule has 10 nitrogen and oxygen atoms in total. The Balaban J connectivity index is 1.65. The third-order valence-electron chi connectivity index (χ3n) is 5.46. The van der Waals surface area contributed by atoms with Crippen LogP contribution < -0.4 is 10.0 Å². The summed E-state index contributed by atoms with van der Waals surface area (Å²) in [6.45, 7) is 3.48. The Morgan fingerprint density at radius 2 is 1.71 bits per heavy atom. The maximum absolute atomic E-state index is 12.7. The van der Waals surface area contributed by atoms with Crippen LogP contribution in [0.2, 0.25) is 0 Å². The smallest absolute Gasteiger partial charge is 0.335 e. The van der Waals surface area contributed by atoms with Crippen molar-refractivity contribution in [2.24, 2.45) is 0 Å². The van der Waals surface area contributed by atoms with Gasteiger partial charge in [-0.05, 0) is 56.7 Å². The lowest BCUT2D eigenvalue weighted by Crippen LogP contribution is -2.36. The molecule has 1 saturated carbocycles. The molecule has 3 rings (SSSR count). The largest absolute Gasteiger partial charge is 0.460 e. The first-order valence-electron chi connectivity index (χ1n) is 11.1. The first-order valence-corrected chi connectivity index (χ1v) is 12.7. The highest BCUT2D eigenvalue weighted by atomic mass is 32.2. The molecule has 2 N–H and O–H groups in total. The van der Waals surface area contributed by atoms with E-state index in [9.17, 15) is 18.0 Å². The number of sulfonamides is 1. The highest BCUT2D eigenvalue weighted by molar-refractivity contribution is 7.89. The van der Waals surface area contributed by atoms with Gasteiger partial charge in [-0.3, -0.25) is 5.32 Å². The molecule has 0 spiro atoms. The summed E-state index contributed by atoms with van der Waals surface area (Å²) in [7, 11) is -2.64. The van der Waals surface area contributed by atoms with Gasteiger partial charge in [-0.15, -0.1) is 0 Å². The van der Waals surface area contributed by atoms with Crippen molar-refractivity contribution >= 4 is 28.0 Å². The summed E-state index contributed by atoms with van der Waals surface area (Å²) in [5, 5.41) is 2.34. The summed E-state index contributed by atoms with van der Waals surface area (Å²) in [4.78, 5) is 32.9. The average Bonchev–Trinajstić information content (AvgIpc) is 3.24. The molecular weight excluding hydrogens is 460 g/mol. The standard InChI is InChI=1S/C23H30N4O6S/c1-15-12-16(2)25-22(24-15)26-23(29)27-34(30,31)14-18-9-5-4-8-17(18)13-20(32-3)21(28)33-19-10-6-7-11-19/h4-5,8-9,12,19-20H,6-7,10-11,13-14H2,1-3H3,(H2,24,25,26,27,29). The molecule has 2 amide bonds. The van der Waals surface area contributed by atoms with Crippen molar-refractivity contribution < 1.29 is 27.5 Å². The Morgan fingerprint density at radius 3 is 2.32 bits per heavy atom. The fraction of sp³-hybridized carbons (Fsp3) is 0.478. The lowest BCUT2D eigenvalue weighted by atomic mass is 10.0. The maximum Gasteiger partial charge on any atom is 0.335 e. The normalized spacial score (nSPS) is 15.0. The molecule has 184 valence electrons. The predicted molar refractivity (Wildman–Crippen MR) is 126 cm³/mol. The molecular formula is C23H30N4O6S. The Hall–Kier alpha value is -3.05. The Kier molecular flexibility index (Phi) is 8.56. The van der Waals surface area contributed by atoms with Gasteiger partial charge in [0.2, 0.25) is 16.0 Å². The van der Waals surface area contributed by atoms with E-state index in [1.807, 2.05) is 4.72 Å². The number of methoxy groups -OCH3 is 1. The number of benzene rings is 1. The Morgan fingerprint density at radius 1 is 1.09 bits per heavy atom. The van der Waals surface area contributed by atoms with Crippen LogP contribution in [-0.2, 0) is 36.5 Å². The molecule has 1 atom stereocenters. The highest BCUT2D eigenvalue weighted by Crippen LogP contribution is 2.23. The van der Waals surface area contributed by atoms with Gasteiger partial charge < -0.3 is 9.47 Å². The zero-order valence-corrected chi connectivity index (χ0v) is 20.4. The molecule has 0 bridgehead atoms. The average molecular weight is 491 g/mol. The van der Waals surface area contributed by atoms with Gasteiger partial charge in [0.05, 0.1) is 5.75 Å². The quantitative estimate of drug-likeness (QED) is 0.512. The van der Waals surface area contributed by atoms with Crippen molar-refractivity contribution in [2.45, 2.75) is 63.9 Å². The zero-order chi connectivity index (χ0) is 24.7. The monoisotopic (exact) mass is 490 g/mol. The van der Waals surface area contributed by atoms with Crippen LogP contribution in [0.5, 0.6) is 0 Å². The summed E-state index contributed by atoms with van der Waals surface area (Å²) in [5.74, 6) is -0.911. The fourth-order valence-corrected chi connectivity index (χ4v) is 4.99. The topological polar surface area (TPSA) is 137 Å². The van der Waals surface area contributed by atoms with Crippen LogP contribution in [0.4, 0.5) is 10.7 Å². The second-order valence-electron chi connectivity index (χ2n) is 8.33. The molecule has 0 aliphatic heterocycles. The number of aryl methyl sites for hydroxylation is 2. The van der Waals surface area contributed by atoms with Crippen LogP contribution in [0.15, 0.2) is 30.3 Å². The van der Waals surface area contributed by atoms with E-state index in [4.69, 9.17) is 9.47 Å². The summed E-state index contributed by atoms with van der Waals surface area (Å²) in [6, 6.07) is 7.57. The van der Waals surface area contributed by atoms with E-state index in [1.165, 1.54) is 7.11 Å². The molecule has 1 aliphatic rings. The number of nitrogens with zero attached hydrogens (tertiary/aromatic N) is 2. The lowest BCUT2D eigenvalue weighted by molar-refractivity contribution is -0.160. The molecule has 34 heavy (non-hydrogen) atoms. The zero-order valence-electron chi connectivity index (χ0n) is 19.5. The van der Waals surface area contributed by atoms with Crippen LogP contribution in [0.1, 0.15) is 48.2 Å². The number of ether oxygens (including phenoxy) is 2. The van der Waals surface area contributed by atoms with Gasteiger partial charge in [-0.25, -0.2) is 32.7 Å². The van der Waals surface area contributed by atoms with E-state index < -0.39 is 33.9 Å². The molecule has 1 fully saturated rings. The molecule has 1 unspecified atom stereocenters. The lowest BCUT2D eigenvalue weighted by Gasteiger charge is -2.19. The number of aromatic nitrogens is 2. The van der Waals surface area contributed by atoms with Gasteiger partial charge in [0.15, 0.2) is 6.10 Å². The van der Waals surface area contributed by atoms with Crippen molar-refractivity contribution in [3.8, 4) is 0 Å². The maximum atomic E-state index is 12.7. The summed E-state index contributed by atoms with van der Waals surface area (Å²) in [5.41, 5.74) is 2.33. The summed E-state index contributed by atoms with van der Waals surface area (Å²) >= 11 is 0. The van der Waals surface area contributed by atoms with Gasteiger partial charge in [0.1, 0.15) is 6.10 Å². The first kappa shape index (κ1) is 25.6. The predicted octanol–water partition coefficient (Wildman–Crippen LogP) is 2.79. The van der Waals surface area contributed by atoms with Crippen molar-refractivity contribution in [3.63, 3.8) is 0 Å². The van der Waals surface area contributed by atoms with E-state index >= 15 is 0 Å². The molecule has 2 aromatic rings. The number of hydrogen-bond acceptors (Lipinski definition) is 8. The van der Waals surface area contributed by atoms with E-state index in [2.05, 4.69) is 15.3 Å². The fourth-order valence-electron chi connectivity index (χ4n) is 3.90. The summed E-state index contributed by atoms with van der Waals surface area (Å²) in [6.07, 6.45) is 2.96. The molecule has 1 heterocycles. The van der Waals surface area contributed by atoms with Crippen molar-refractivity contribution in [1.82, 2.24) is 14.7 Å². The molecule has 11 heteroatoms. The minimum Gasteiger partial charge on any atom is -0.460 e. The number of esters is 1. The molecule has 1 aromatic carbocycles. The molecule has 1 aliphatic carbocycles. The SMILES string of the molecule is COC(Cc1ccccc1CS(=O)(=O)NC(=O)Nc1nc(C)cc(C)n1)C(=O)OC1CCCC1. The third kappa shape index (κ3) is 7.49. The van der Waals surface area contributed by atoms with Gasteiger partial charge in [-0.1, -0.05) is 24.3 Å². The number of hydrogen-bond donors (Lipinski definition) is 2. The van der Waals surface area contributed by atoms with Crippen LogP contribution in [0.3, 0.4) is 0 Å². The van der Waals surface area contributed by atoms with Gasteiger partial charge >= 0.3 is 12.0 Å². The van der Waals surface area contributed by atoms with Gasteiger partial charge in [0, 0.05) is 24.9 Å². The molecule has 1 aromatic heterocycles. The van der Waals surface area contributed by atoms with E-state index in [-0.39, 0.29) is 18.5 Å². The Labute approximate surface area is 199 Å². The second kappa shape index (κ2) is 11.4. The van der Waals surface area contributed by atoms with Gasteiger partial charge in [-0.2, -0.15) is 0 Å². The van der Waals surface area contributed by atoms with Crippen LogP contribution in [0.25, 0.3) is 0 Å². The Bertz CT molecular complexity index is 1110. The first-order chi connectivity index (χ1) is 16.1. The number of carbonyl (C=O) groups excluding carboxylic acids is 2. The second-order valence-corrected chi connectivity index (χ2v) is 10.1. The van der Waals surface area contributed by atoms with Crippen LogP contribution in [-0.4, -0.2) is 49.7 Å². The van der Waals surface area contributed by atoms with E-state index in [0.29, 0.717) is 22.5 Å². The number of anilines is 1. The minimum absolute atomic E-state index is 0.00862. The van der Waals surface area contributed by atoms with Crippen molar-refractivity contribution in [2.75, 3.05) is 12.4 Å². The number of rotatable bonds is 9. The minimum atomic E-state index is -4.05. The number of carbonyl (C=O) groups is 2. The molecule has 0 radical (unpaired) electrons. The van der Waals surface area contributed by atoms with Gasteiger partial charge in [0.25, 0.3) is 0 Å². The number of urea groups is 1. The van der Waals surface area contributed by atoms with Crippen molar-refractivity contribution in [1.29, 1.82) is 0 Å². The van der Waals surface area contributed by atoms with E-state index in [1.54, 1.807) is 44.2 Å². The van der Waals surface area contributed by atoms with Crippen LogP contribution in [0, 0.1) is 13.8 Å². The molecule has 0 saturated heterocycles.